The maximum absolute atomic E-state index is 11.4. The summed E-state index contributed by atoms with van der Waals surface area (Å²) in [7, 11) is 0. The molecule has 0 unspecified atom stereocenters. The molecule has 6 heteroatoms. The third-order valence-electron chi connectivity index (χ3n) is 3.77. The van der Waals surface area contributed by atoms with Gasteiger partial charge in [0.2, 0.25) is 5.91 Å². The number of carbonyl (C=O) groups excluding carboxylic acids is 2. The van der Waals surface area contributed by atoms with Gasteiger partial charge in [0.15, 0.2) is 0 Å². The molecule has 0 radical (unpaired) electrons. The highest BCUT2D eigenvalue weighted by atomic mass is 16.2. The number of aromatic nitrogens is 2. The number of carbonyl (C=O) groups is 2. The van der Waals surface area contributed by atoms with Gasteiger partial charge in [-0.15, -0.1) is 0 Å². The molecule has 0 bridgehead atoms. The van der Waals surface area contributed by atoms with Gasteiger partial charge in [0, 0.05) is 25.7 Å². The van der Waals surface area contributed by atoms with Crippen molar-refractivity contribution in [2.45, 2.75) is 32.6 Å². The van der Waals surface area contributed by atoms with Gasteiger partial charge in [0.25, 0.3) is 5.91 Å². The third-order valence-corrected chi connectivity index (χ3v) is 3.77. The van der Waals surface area contributed by atoms with Crippen LogP contribution in [0.3, 0.4) is 0 Å². The minimum atomic E-state index is -0.530. The van der Waals surface area contributed by atoms with Crippen LogP contribution in [0, 0.1) is 5.92 Å². The van der Waals surface area contributed by atoms with Crippen LogP contribution in [0.2, 0.25) is 0 Å². The molecule has 2 N–H and O–H groups in total. The number of hydrogen-bond donors (Lipinski definition) is 1. The summed E-state index contributed by atoms with van der Waals surface area (Å²) in [6.07, 6.45) is 5.23. The summed E-state index contributed by atoms with van der Waals surface area (Å²) in [6, 6.07) is 1.66. The van der Waals surface area contributed by atoms with Gasteiger partial charge in [-0.2, -0.15) is 0 Å². The second kappa shape index (κ2) is 6.45. The molecule has 1 aliphatic rings. The van der Waals surface area contributed by atoms with E-state index in [9.17, 15) is 9.59 Å². The van der Waals surface area contributed by atoms with E-state index in [0.29, 0.717) is 5.92 Å². The molecule has 1 aliphatic heterocycles. The molecule has 1 aromatic rings. The Labute approximate surface area is 118 Å². The Bertz CT molecular complexity index is 504. The number of nitrogens with zero attached hydrogens (tertiary/aromatic N) is 3. The first-order valence-corrected chi connectivity index (χ1v) is 6.92. The van der Waals surface area contributed by atoms with Gasteiger partial charge in [-0.05, 0) is 37.7 Å². The molecule has 0 aromatic carbocycles. The highest BCUT2D eigenvalue weighted by Crippen LogP contribution is 2.21. The Hall–Kier alpha value is -1.98. The van der Waals surface area contributed by atoms with Crippen molar-refractivity contribution in [1.82, 2.24) is 14.9 Å². The molecule has 2 heterocycles. The SMILES string of the molecule is CC(=O)N1CCC[C@H](Cc2cc(C(N)=O)ncn2)CC1. The molecule has 20 heavy (non-hydrogen) atoms. The van der Waals surface area contributed by atoms with E-state index in [-0.39, 0.29) is 11.6 Å². The van der Waals surface area contributed by atoms with Gasteiger partial charge in [-0.25, -0.2) is 9.97 Å². The molecule has 1 fully saturated rings. The number of primary amides is 1. The van der Waals surface area contributed by atoms with Crippen LogP contribution in [-0.4, -0.2) is 39.8 Å². The standard InChI is InChI=1S/C14H20N4O2/c1-10(19)18-5-2-3-11(4-6-18)7-12-8-13(14(15)20)17-9-16-12/h8-9,11H,2-7H2,1H3,(H2,15,20)/t11-/m0/s1. The van der Waals surface area contributed by atoms with Crippen molar-refractivity contribution >= 4 is 11.8 Å². The lowest BCUT2D eigenvalue weighted by Gasteiger charge is -2.18. The number of rotatable bonds is 3. The number of likely N-dealkylation sites (tertiary alicyclic amines) is 1. The molecule has 0 spiro atoms. The second-order valence-corrected chi connectivity index (χ2v) is 5.27. The van der Waals surface area contributed by atoms with Crippen molar-refractivity contribution in [3.8, 4) is 0 Å². The van der Waals surface area contributed by atoms with Crippen LogP contribution < -0.4 is 5.73 Å². The maximum atomic E-state index is 11.4. The fourth-order valence-corrected chi connectivity index (χ4v) is 2.62. The first-order valence-electron chi connectivity index (χ1n) is 6.92. The zero-order valence-electron chi connectivity index (χ0n) is 11.7. The molecule has 6 nitrogen and oxygen atoms in total. The Kier molecular flexibility index (Phi) is 4.65. The Morgan fingerprint density at radius 2 is 2.15 bits per heavy atom. The summed E-state index contributed by atoms with van der Waals surface area (Å²) < 4.78 is 0. The largest absolute Gasteiger partial charge is 0.364 e. The lowest BCUT2D eigenvalue weighted by molar-refractivity contribution is -0.128. The van der Waals surface area contributed by atoms with E-state index in [1.807, 2.05) is 4.90 Å². The van der Waals surface area contributed by atoms with Crippen LogP contribution in [0.25, 0.3) is 0 Å². The van der Waals surface area contributed by atoms with Crippen molar-refractivity contribution in [3.63, 3.8) is 0 Å². The molecule has 0 aliphatic carbocycles. The van der Waals surface area contributed by atoms with Crippen LogP contribution in [0.15, 0.2) is 12.4 Å². The predicted molar refractivity (Wildman–Crippen MR) is 73.8 cm³/mol. The summed E-state index contributed by atoms with van der Waals surface area (Å²) >= 11 is 0. The highest BCUT2D eigenvalue weighted by molar-refractivity contribution is 5.90. The molecule has 108 valence electrons. The lowest BCUT2D eigenvalue weighted by atomic mass is 9.95. The van der Waals surface area contributed by atoms with E-state index in [1.165, 1.54) is 6.33 Å². The number of amides is 2. The van der Waals surface area contributed by atoms with Gasteiger partial charge in [0.05, 0.1) is 0 Å². The summed E-state index contributed by atoms with van der Waals surface area (Å²) in [5.74, 6) is 0.0935. The Morgan fingerprint density at radius 3 is 2.85 bits per heavy atom. The van der Waals surface area contributed by atoms with Gasteiger partial charge >= 0.3 is 0 Å². The molecule has 0 saturated carbocycles. The van der Waals surface area contributed by atoms with E-state index < -0.39 is 5.91 Å². The van der Waals surface area contributed by atoms with Crippen LogP contribution in [0.5, 0.6) is 0 Å². The van der Waals surface area contributed by atoms with Crippen molar-refractivity contribution in [2.24, 2.45) is 11.7 Å². The van der Waals surface area contributed by atoms with Crippen LogP contribution in [-0.2, 0) is 11.2 Å². The van der Waals surface area contributed by atoms with Gasteiger partial charge < -0.3 is 10.6 Å². The fraction of sp³-hybridized carbons (Fsp3) is 0.571. The smallest absolute Gasteiger partial charge is 0.267 e. The van der Waals surface area contributed by atoms with Crippen molar-refractivity contribution in [1.29, 1.82) is 0 Å². The monoisotopic (exact) mass is 276 g/mol. The second-order valence-electron chi connectivity index (χ2n) is 5.27. The summed E-state index contributed by atoms with van der Waals surface area (Å²) in [4.78, 5) is 32.4. The third kappa shape index (κ3) is 3.76. The number of hydrogen-bond acceptors (Lipinski definition) is 4. The quantitative estimate of drug-likeness (QED) is 0.883. The Morgan fingerprint density at radius 1 is 1.35 bits per heavy atom. The van der Waals surface area contributed by atoms with E-state index in [4.69, 9.17) is 5.73 Å². The van der Waals surface area contributed by atoms with E-state index in [2.05, 4.69) is 9.97 Å². The molecular weight excluding hydrogens is 256 g/mol. The van der Waals surface area contributed by atoms with Crippen molar-refractivity contribution < 1.29 is 9.59 Å². The van der Waals surface area contributed by atoms with Crippen LogP contribution in [0.1, 0.15) is 42.4 Å². The Balaban J connectivity index is 1.98. The molecular formula is C14H20N4O2. The predicted octanol–water partition coefficient (Wildman–Crippen LogP) is 0.767. The molecule has 1 saturated heterocycles. The van der Waals surface area contributed by atoms with Crippen LogP contribution >= 0.6 is 0 Å². The highest BCUT2D eigenvalue weighted by Gasteiger charge is 2.19. The van der Waals surface area contributed by atoms with Crippen LogP contribution in [0.4, 0.5) is 0 Å². The zero-order valence-corrected chi connectivity index (χ0v) is 11.7. The average Bonchev–Trinajstić information content (AvgIpc) is 2.65. The topological polar surface area (TPSA) is 89.2 Å². The zero-order chi connectivity index (χ0) is 14.5. The normalized spacial score (nSPS) is 19.4. The summed E-state index contributed by atoms with van der Waals surface area (Å²) in [6.45, 7) is 3.25. The van der Waals surface area contributed by atoms with E-state index in [0.717, 1.165) is 44.5 Å². The average molecular weight is 276 g/mol. The molecule has 1 aromatic heterocycles. The first-order chi connectivity index (χ1) is 9.56. The minimum Gasteiger partial charge on any atom is -0.364 e. The number of nitrogens with two attached hydrogens (primary N) is 1. The fourth-order valence-electron chi connectivity index (χ4n) is 2.62. The van der Waals surface area contributed by atoms with E-state index in [1.54, 1.807) is 13.0 Å². The molecule has 1 atom stereocenters. The lowest BCUT2D eigenvalue weighted by Crippen LogP contribution is -2.29. The van der Waals surface area contributed by atoms with Gasteiger partial charge in [-0.1, -0.05) is 0 Å². The molecule has 2 amide bonds. The summed E-state index contributed by atoms with van der Waals surface area (Å²) in [5.41, 5.74) is 6.32. The van der Waals surface area contributed by atoms with Gasteiger partial charge in [-0.3, -0.25) is 9.59 Å². The first kappa shape index (κ1) is 14.4. The van der Waals surface area contributed by atoms with Gasteiger partial charge in [0.1, 0.15) is 12.0 Å². The molecule has 2 rings (SSSR count). The minimum absolute atomic E-state index is 0.142. The van der Waals surface area contributed by atoms with Crippen molar-refractivity contribution in [3.05, 3.63) is 23.8 Å². The summed E-state index contributed by atoms with van der Waals surface area (Å²) in [5, 5.41) is 0. The maximum Gasteiger partial charge on any atom is 0.267 e. The van der Waals surface area contributed by atoms with Crippen molar-refractivity contribution in [2.75, 3.05) is 13.1 Å². The van der Waals surface area contributed by atoms with E-state index >= 15 is 0 Å².